The lowest BCUT2D eigenvalue weighted by Crippen LogP contribution is -1.98. The minimum Gasteiger partial charge on any atom is -0.493 e. The maximum atomic E-state index is 9.05. The minimum absolute atomic E-state index is 0.218. The Bertz CT molecular complexity index is 1000. The van der Waals surface area contributed by atoms with Gasteiger partial charge >= 0.3 is 0 Å². The van der Waals surface area contributed by atoms with Gasteiger partial charge in [0.1, 0.15) is 11.8 Å². The van der Waals surface area contributed by atoms with Crippen LogP contribution in [0.4, 0.5) is 11.5 Å². The molecule has 0 spiro atoms. The van der Waals surface area contributed by atoms with Crippen molar-refractivity contribution in [3.8, 4) is 29.4 Å². The van der Waals surface area contributed by atoms with Crippen molar-refractivity contribution in [1.29, 1.82) is 10.5 Å². The average molecular weight is 343 g/mol. The summed E-state index contributed by atoms with van der Waals surface area (Å²) in [6, 6.07) is 16.1. The number of nitrogens with one attached hydrogen (secondary N) is 1. The summed E-state index contributed by atoms with van der Waals surface area (Å²) in [5.41, 5.74) is 1.45. The topological polar surface area (TPSA) is 104 Å². The van der Waals surface area contributed by atoms with Gasteiger partial charge in [-0.1, -0.05) is 0 Å². The van der Waals surface area contributed by atoms with Crippen LogP contribution in [-0.4, -0.2) is 17.1 Å². The Morgan fingerprint density at radius 1 is 0.923 bits per heavy atom. The molecule has 7 heteroatoms. The molecule has 0 atom stereocenters. The Morgan fingerprint density at radius 2 is 1.69 bits per heavy atom. The van der Waals surface area contributed by atoms with Gasteiger partial charge in [0.15, 0.2) is 23.0 Å². The van der Waals surface area contributed by atoms with Crippen molar-refractivity contribution < 1.29 is 9.47 Å². The highest BCUT2D eigenvalue weighted by Crippen LogP contribution is 2.32. The highest BCUT2D eigenvalue weighted by Gasteiger charge is 2.08. The molecule has 7 nitrogen and oxygen atoms in total. The molecule has 0 radical (unpaired) electrons. The summed E-state index contributed by atoms with van der Waals surface area (Å²) >= 11 is 0. The maximum Gasteiger partial charge on any atom is 0.183 e. The molecule has 0 saturated heterocycles. The molecular weight excluding hydrogens is 330 g/mol. The number of aromatic nitrogens is 2. The lowest BCUT2D eigenvalue weighted by atomic mass is 10.2. The molecule has 0 aliphatic rings. The van der Waals surface area contributed by atoms with Gasteiger partial charge in [0.2, 0.25) is 0 Å². The molecule has 1 N–H and O–H groups in total. The minimum atomic E-state index is 0.218. The molecule has 3 rings (SSSR count). The highest BCUT2D eigenvalue weighted by molar-refractivity contribution is 5.61. The Labute approximate surface area is 150 Å². The Morgan fingerprint density at radius 3 is 2.38 bits per heavy atom. The van der Waals surface area contributed by atoms with E-state index in [1.165, 1.54) is 19.5 Å². The molecule has 0 bridgehead atoms. The normalized spacial score (nSPS) is 9.65. The van der Waals surface area contributed by atoms with Crippen LogP contribution in [0, 0.1) is 22.7 Å². The first-order valence-electron chi connectivity index (χ1n) is 7.57. The van der Waals surface area contributed by atoms with Crippen LogP contribution in [0.25, 0.3) is 0 Å². The quantitative estimate of drug-likeness (QED) is 0.752. The SMILES string of the molecule is COc1cc(C#N)ccc1Oc1ccc(Nc2nccnc2C#N)cc1. The van der Waals surface area contributed by atoms with Crippen molar-refractivity contribution in [1.82, 2.24) is 9.97 Å². The highest BCUT2D eigenvalue weighted by atomic mass is 16.5. The summed E-state index contributed by atoms with van der Waals surface area (Å²) in [7, 11) is 1.52. The van der Waals surface area contributed by atoms with Gasteiger partial charge < -0.3 is 14.8 Å². The lowest BCUT2D eigenvalue weighted by Gasteiger charge is -2.11. The van der Waals surface area contributed by atoms with Crippen LogP contribution < -0.4 is 14.8 Å². The number of hydrogen-bond acceptors (Lipinski definition) is 7. The van der Waals surface area contributed by atoms with E-state index >= 15 is 0 Å². The van der Waals surface area contributed by atoms with Crippen LogP contribution in [0.1, 0.15) is 11.3 Å². The van der Waals surface area contributed by atoms with E-state index in [0.717, 1.165) is 5.69 Å². The molecule has 0 aliphatic heterocycles. The van der Waals surface area contributed by atoms with E-state index in [1.54, 1.807) is 42.5 Å². The van der Waals surface area contributed by atoms with Crippen LogP contribution in [0.15, 0.2) is 54.9 Å². The van der Waals surface area contributed by atoms with Gasteiger partial charge in [0, 0.05) is 24.1 Å². The van der Waals surface area contributed by atoms with Crippen LogP contribution in [0.3, 0.4) is 0 Å². The van der Waals surface area contributed by atoms with E-state index in [-0.39, 0.29) is 5.69 Å². The van der Waals surface area contributed by atoms with E-state index in [0.29, 0.717) is 28.6 Å². The largest absolute Gasteiger partial charge is 0.493 e. The number of rotatable bonds is 5. The second kappa shape index (κ2) is 7.65. The monoisotopic (exact) mass is 343 g/mol. The van der Waals surface area contributed by atoms with Gasteiger partial charge in [-0.05, 0) is 36.4 Å². The van der Waals surface area contributed by atoms with Crippen LogP contribution in [-0.2, 0) is 0 Å². The van der Waals surface area contributed by atoms with Gasteiger partial charge in [-0.15, -0.1) is 0 Å². The lowest BCUT2D eigenvalue weighted by molar-refractivity contribution is 0.379. The Hall–Kier alpha value is -4.10. The van der Waals surface area contributed by atoms with E-state index in [4.69, 9.17) is 20.0 Å². The van der Waals surface area contributed by atoms with Crippen molar-refractivity contribution in [3.63, 3.8) is 0 Å². The molecule has 0 amide bonds. The average Bonchev–Trinajstić information content (AvgIpc) is 2.70. The molecule has 0 saturated carbocycles. The maximum absolute atomic E-state index is 9.05. The first-order chi connectivity index (χ1) is 12.7. The standard InChI is InChI=1S/C19H13N5O2/c1-25-18-10-13(11-20)2-7-17(18)26-15-5-3-14(4-6-15)24-19-16(12-21)22-8-9-23-19/h2-10H,1H3,(H,23,24). The number of nitriles is 2. The molecule has 126 valence electrons. The molecule has 1 aromatic heterocycles. The van der Waals surface area contributed by atoms with Crippen molar-refractivity contribution in [2.45, 2.75) is 0 Å². The molecular formula is C19H13N5O2. The van der Waals surface area contributed by atoms with Gasteiger partial charge in [0.05, 0.1) is 18.7 Å². The zero-order valence-corrected chi connectivity index (χ0v) is 13.8. The van der Waals surface area contributed by atoms with Crippen LogP contribution in [0.2, 0.25) is 0 Å². The molecule has 3 aromatic rings. The molecule has 0 fully saturated rings. The molecule has 2 aromatic carbocycles. The summed E-state index contributed by atoms with van der Waals surface area (Å²) in [6.07, 6.45) is 2.98. The summed E-state index contributed by atoms with van der Waals surface area (Å²) in [5.74, 6) is 1.97. The number of nitrogens with zero attached hydrogens (tertiary/aromatic N) is 4. The molecule has 1 heterocycles. The predicted octanol–water partition coefficient (Wildman–Crippen LogP) is 3.76. The fourth-order valence-electron chi connectivity index (χ4n) is 2.20. The number of hydrogen-bond donors (Lipinski definition) is 1. The van der Waals surface area contributed by atoms with Crippen LogP contribution in [0.5, 0.6) is 17.2 Å². The third kappa shape index (κ3) is 3.69. The van der Waals surface area contributed by atoms with E-state index < -0.39 is 0 Å². The van der Waals surface area contributed by atoms with Crippen LogP contribution >= 0.6 is 0 Å². The smallest absolute Gasteiger partial charge is 0.183 e. The summed E-state index contributed by atoms with van der Waals surface area (Å²) < 4.78 is 11.1. The predicted molar refractivity (Wildman–Crippen MR) is 94.3 cm³/mol. The van der Waals surface area contributed by atoms with Gasteiger partial charge in [-0.2, -0.15) is 10.5 Å². The summed E-state index contributed by atoms with van der Waals surface area (Å²) in [4.78, 5) is 8.06. The van der Waals surface area contributed by atoms with Crippen molar-refractivity contribution in [2.75, 3.05) is 12.4 Å². The number of anilines is 2. The van der Waals surface area contributed by atoms with Crippen molar-refractivity contribution in [2.24, 2.45) is 0 Å². The van der Waals surface area contributed by atoms with E-state index in [9.17, 15) is 0 Å². The van der Waals surface area contributed by atoms with E-state index in [2.05, 4.69) is 21.4 Å². The number of ether oxygens (including phenoxy) is 2. The third-order valence-electron chi connectivity index (χ3n) is 3.44. The number of benzene rings is 2. The fraction of sp³-hybridized carbons (Fsp3) is 0.0526. The second-order valence-corrected chi connectivity index (χ2v) is 5.09. The van der Waals surface area contributed by atoms with Gasteiger partial charge in [-0.3, -0.25) is 0 Å². The first-order valence-corrected chi connectivity index (χ1v) is 7.57. The second-order valence-electron chi connectivity index (χ2n) is 5.09. The number of methoxy groups -OCH3 is 1. The van der Waals surface area contributed by atoms with Crippen molar-refractivity contribution in [3.05, 3.63) is 66.1 Å². The summed E-state index contributed by atoms with van der Waals surface area (Å²) in [5, 5.41) is 21.0. The zero-order chi connectivity index (χ0) is 18.4. The van der Waals surface area contributed by atoms with Crippen molar-refractivity contribution >= 4 is 11.5 Å². The Balaban J connectivity index is 1.76. The molecule has 26 heavy (non-hydrogen) atoms. The summed E-state index contributed by atoms with van der Waals surface area (Å²) in [6.45, 7) is 0. The fourth-order valence-corrected chi connectivity index (χ4v) is 2.20. The molecule has 0 unspecified atom stereocenters. The van der Waals surface area contributed by atoms with Gasteiger partial charge in [-0.25, -0.2) is 9.97 Å². The molecule has 0 aliphatic carbocycles. The van der Waals surface area contributed by atoms with Gasteiger partial charge in [0.25, 0.3) is 0 Å². The zero-order valence-electron chi connectivity index (χ0n) is 13.8. The first kappa shape index (κ1) is 16.7. The van der Waals surface area contributed by atoms with E-state index in [1.807, 2.05) is 6.07 Å². The third-order valence-corrected chi connectivity index (χ3v) is 3.44. The Kier molecular flexibility index (Phi) is 4.93.